The molecule has 1 aliphatic rings. The van der Waals surface area contributed by atoms with Crippen LogP contribution in [0.15, 0.2) is 36.5 Å². The molecule has 1 fully saturated rings. The highest BCUT2D eigenvalue weighted by molar-refractivity contribution is 6.10. The van der Waals surface area contributed by atoms with Gasteiger partial charge in [0.1, 0.15) is 23.8 Å². The molecule has 8 nitrogen and oxygen atoms in total. The third kappa shape index (κ3) is 4.20. The molecule has 8 heteroatoms. The summed E-state index contributed by atoms with van der Waals surface area (Å²) in [5, 5.41) is 8.70. The van der Waals surface area contributed by atoms with Crippen LogP contribution in [0.4, 0.5) is 11.6 Å². The number of pyridine rings is 2. The number of nitrogens with zero attached hydrogens (tertiary/aromatic N) is 5. The van der Waals surface area contributed by atoms with E-state index in [1.807, 2.05) is 17.0 Å². The van der Waals surface area contributed by atoms with Gasteiger partial charge in [0.2, 0.25) is 11.7 Å². The molecule has 0 saturated carbocycles. The van der Waals surface area contributed by atoms with E-state index >= 15 is 0 Å². The van der Waals surface area contributed by atoms with Crippen molar-refractivity contribution in [3.63, 3.8) is 0 Å². The molecule has 2 N–H and O–H groups in total. The van der Waals surface area contributed by atoms with Crippen LogP contribution in [0.1, 0.15) is 31.7 Å². The van der Waals surface area contributed by atoms with Crippen LogP contribution in [0, 0.1) is 11.3 Å². The van der Waals surface area contributed by atoms with Gasteiger partial charge < -0.3 is 15.5 Å². The first kappa shape index (κ1) is 18.3. The first-order valence-electron chi connectivity index (χ1n) is 8.72. The van der Waals surface area contributed by atoms with E-state index in [1.54, 1.807) is 29.2 Å². The monoisotopic (exact) mass is 368 g/mol. The molecule has 0 aromatic carbocycles. The Bertz CT molecular complexity index is 902. The van der Waals surface area contributed by atoms with Crippen LogP contribution < -0.4 is 10.6 Å². The van der Waals surface area contributed by atoms with Gasteiger partial charge in [-0.3, -0.25) is 9.59 Å². The molecule has 142 valence electrons. The summed E-state index contributed by atoms with van der Waals surface area (Å²) in [6, 6.07) is 10.5. The van der Waals surface area contributed by atoms with E-state index in [1.165, 1.54) is 6.20 Å². The van der Waals surface area contributed by atoms with Gasteiger partial charge >= 0.3 is 0 Å². The maximum absolute atomic E-state index is 12.7. The van der Waals surface area contributed by atoms with Crippen LogP contribution in [0.5, 0.6) is 0 Å². The summed E-state index contributed by atoms with van der Waals surface area (Å²) in [6.07, 6.45) is 2.20. The summed E-state index contributed by atoms with van der Waals surface area (Å²) in [5.41, 5.74) is 6.42. The third-order valence-corrected chi connectivity index (χ3v) is 4.45. The molecule has 2 aromatic rings. The Morgan fingerprint density at radius 2 is 2.04 bits per heavy atom. The van der Waals surface area contributed by atoms with Gasteiger partial charge in [-0.05, 0) is 30.7 Å². The Morgan fingerprint density at radius 3 is 2.81 bits per heavy atom. The number of ketones is 1. The molecule has 2 aromatic heterocycles. The Hall–Kier alpha value is -3.47. The molecular weight excluding hydrogens is 344 g/mol. The number of aromatic nitrogens is 2. The predicted octanol–water partition coefficient (Wildman–Crippen LogP) is 1.73. The highest BCUT2D eigenvalue weighted by Gasteiger charge is 2.21. The van der Waals surface area contributed by atoms with E-state index in [0.29, 0.717) is 36.7 Å². The minimum atomic E-state index is -0.275. The average molecular weight is 368 g/mol. The number of nitrogens with two attached hydrogens (primary N) is 1. The average Bonchev–Trinajstić information content (AvgIpc) is 2.94. The lowest BCUT2D eigenvalue weighted by Gasteiger charge is -2.22. The summed E-state index contributed by atoms with van der Waals surface area (Å²) < 4.78 is 0. The van der Waals surface area contributed by atoms with Gasteiger partial charge in [-0.25, -0.2) is 9.97 Å². The second-order valence-electron chi connectivity index (χ2n) is 6.20. The summed E-state index contributed by atoms with van der Waals surface area (Å²) >= 11 is 0. The maximum atomic E-state index is 12.7. The second kappa shape index (κ2) is 8.27. The summed E-state index contributed by atoms with van der Waals surface area (Å²) in [7, 11) is 0. The third-order valence-electron chi connectivity index (χ3n) is 4.45. The van der Waals surface area contributed by atoms with Crippen molar-refractivity contribution in [2.24, 2.45) is 0 Å². The van der Waals surface area contributed by atoms with Gasteiger partial charge in [0.05, 0.1) is 11.6 Å². The Balaban J connectivity index is 0.00000210. The zero-order valence-electron chi connectivity index (χ0n) is 14.8. The molecule has 0 bridgehead atoms. The molecule has 1 saturated heterocycles. The minimum Gasteiger partial charge on any atom is -0.383 e. The molecular formula is C19H24N6O2. The number of hydrogen-bond acceptors (Lipinski definition) is 7. The number of carbonyl (C=O) groups is 2. The normalized spacial score (nSPS) is 14.3. The van der Waals surface area contributed by atoms with Gasteiger partial charge in [0.25, 0.3) is 0 Å². The van der Waals surface area contributed by atoms with Crippen molar-refractivity contribution in [2.45, 2.75) is 12.8 Å². The molecule has 3 rings (SSSR count). The Morgan fingerprint density at radius 1 is 1.19 bits per heavy atom. The predicted molar refractivity (Wildman–Crippen MR) is 104 cm³/mol. The zero-order chi connectivity index (χ0) is 19.2. The standard InChI is InChI=1S/C19H20N6O2.2H2/c20-8-7-17(26)25-11-3-10-24(12-13-25)16-6-1-5-15(23-16)18(27)14-4-2-9-22-19(14)21;;/h1-2,4-6,9H,3,7,10-13H2,(H2,21,22);2*1H. The SMILES string of the molecule is N#CCC(=O)N1CCCN(c2cccc(C(=O)c3cccnc3N)n2)CC1.[HH].[HH]. The van der Waals surface area contributed by atoms with Crippen LogP contribution in [-0.4, -0.2) is 52.7 Å². The fraction of sp³-hybridized carbons (Fsp3) is 0.316. The quantitative estimate of drug-likeness (QED) is 0.817. The summed E-state index contributed by atoms with van der Waals surface area (Å²) in [5.74, 6) is 0.431. The number of rotatable bonds is 4. The van der Waals surface area contributed by atoms with Crippen LogP contribution in [0.2, 0.25) is 0 Å². The lowest BCUT2D eigenvalue weighted by molar-refractivity contribution is -0.129. The maximum Gasteiger partial charge on any atom is 0.236 e. The molecule has 27 heavy (non-hydrogen) atoms. The van der Waals surface area contributed by atoms with Gasteiger partial charge in [0, 0.05) is 35.2 Å². The molecule has 0 spiro atoms. The van der Waals surface area contributed by atoms with Gasteiger partial charge in [-0.15, -0.1) is 0 Å². The highest BCUT2D eigenvalue weighted by Crippen LogP contribution is 2.18. The van der Waals surface area contributed by atoms with Gasteiger partial charge in [-0.1, -0.05) is 6.07 Å². The molecule has 0 atom stereocenters. The van der Waals surface area contributed by atoms with Gasteiger partial charge in [-0.2, -0.15) is 5.26 Å². The molecule has 1 amide bonds. The van der Waals surface area contributed by atoms with Crippen molar-refractivity contribution in [1.29, 1.82) is 5.26 Å². The lowest BCUT2D eigenvalue weighted by Crippen LogP contribution is -2.35. The van der Waals surface area contributed by atoms with E-state index in [2.05, 4.69) is 9.97 Å². The number of nitrogen functional groups attached to an aromatic ring is 1. The number of amides is 1. The molecule has 1 aliphatic heterocycles. The smallest absolute Gasteiger partial charge is 0.236 e. The van der Waals surface area contributed by atoms with Crippen LogP contribution in [0.3, 0.4) is 0 Å². The summed E-state index contributed by atoms with van der Waals surface area (Å²) in [4.78, 5) is 36.8. The van der Waals surface area contributed by atoms with Crippen molar-refractivity contribution < 1.29 is 12.4 Å². The first-order valence-corrected chi connectivity index (χ1v) is 8.72. The molecule has 0 unspecified atom stereocenters. The fourth-order valence-electron chi connectivity index (χ4n) is 3.05. The topological polar surface area (TPSA) is 116 Å². The highest BCUT2D eigenvalue weighted by atomic mass is 16.2. The van der Waals surface area contributed by atoms with E-state index in [-0.39, 0.29) is 26.8 Å². The lowest BCUT2D eigenvalue weighted by atomic mass is 10.1. The molecule has 0 aliphatic carbocycles. The van der Waals surface area contributed by atoms with Crippen LogP contribution in [0.25, 0.3) is 0 Å². The zero-order valence-corrected chi connectivity index (χ0v) is 14.8. The van der Waals surface area contributed by atoms with Crippen LogP contribution >= 0.6 is 0 Å². The first-order chi connectivity index (χ1) is 13.1. The molecule has 3 heterocycles. The van der Waals surface area contributed by atoms with E-state index in [4.69, 9.17) is 11.0 Å². The largest absolute Gasteiger partial charge is 0.383 e. The van der Waals surface area contributed by atoms with E-state index in [0.717, 1.165) is 13.0 Å². The van der Waals surface area contributed by atoms with Crippen molar-refractivity contribution in [2.75, 3.05) is 36.8 Å². The van der Waals surface area contributed by atoms with E-state index in [9.17, 15) is 9.59 Å². The number of carbonyl (C=O) groups excluding carboxylic acids is 2. The number of hydrogen-bond donors (Lipinski definition) is 1. The second-order valence-corrected chi connectivity index (χ2v) is 6.20. The van der Waals surface area contributed by atoms with E-state index < -0.39 is 0 Å². The van der Waals surface area contributed by atoms with Crippen molar-refractivity contribution >= 4 is 23.3 Å². The van der Waals surface area contributed by atoms with Gasteiger partial charge in [0.15, 0.2) is 0 Å². The van der Waals surface area contributed by atoms with Crippen LogP contribution in [-0.2, 0) is 4.79 Å². The summed E-state index contributed by atoms with van der Waals surface area (Å²) in [6.45, 7) is 2.45. The Labute approximate surface area is 160 Å². The van der Waals surface area contributed by atoms with Crippen molar-refractivity contribution in [3.8, 4) is 6.07 Å². The Kier molecular flexibility index (Phi) is 5.61. The fourth-order valence-corrected chi connectivity index (χ4v) is 3.05. The number of nitriles is 1. The number of anilines is 2. The molecule has 0 radical (unpaired) electrons. The van der Waals surface area contributed by atoms with Crippen molar-refractivity contribution in [3.05, 3.63) is 47.8 Å². The minimum absolute atomic E-state index is 0. The van der Waals surface area contributed by atoms with Crippen molar-refractivity contribution in [1.82, 2.24) is 14.9 Å².